The van der Waals surface area contributed by atoms with Crippen LogP contribution in [-0.4, -0.2) is 60.6 Å². The van der Waals surface area contributed by atoms with E-state index >= 15 is 0 Å². The van der Waals surface area contributed by atoms with Crippen LogP contribution in [0.3, 0.4) is 0 Å². The maximum absolute atomic E-state index is 12.6. The van der Waals surface area contributed by atoms with Gasteiger partial charge in [0.25, 0.3) is 5.91 Å². The lowest BCUT2D eigenvalue weighted by atomic mass is 10.1. The molecule has 40 heavy (non-hydrogen) atoms. The van der Waals surface area contributed by atoms with Crippen LogP contribution in [0.15, 0.2) is 77.0 Å². The highest BCUT2D eigenvalue weighted by atomic mass is 32.2. The molecule has 0 bridgehead atoms. The highest BCUT2D eigenvalue weighted by Gasteiger charge is 2.21. The van der Waals surface area contributed by atoms with Crippen molar-refractivity contribution in [3.63, 3.8) is 0 Å². The Kier molecular flexibility index (Phi) is 10.0. The monoisotopic (exact) mass is 561 g/mol. The molecular formula is C29H31N5O5S. The molecule has 1 amide bonds. The van der Waals surface area contributed by atoms with Gasteiger partial charge in [0.15, 0.2) is 22.5 Å². The molecule has 0 aliphatic rings. The molecule has 1 N–H and O–H groups in total. The third kappa shape index (κ3) is 6.92. The molecule has 4 rings (SSSR count). The van der Waals surface area contributed by atoms with Crippen molar-refractivity contribution in [1.29, 1.82) is 0 Å². The zero-order chi connectivity index (χ0) is 28.3. The standard InChI is InChI=1S/C29H31N5O5S/c1-5-15-39-23-13-11-20(12-14-23)18-30-31-26(35)19-40-29-33-32-28(34(29)22-9-7-6-8-10-22)21-16-24(36-2)27(38-4)25(17-21)37-3/h6-14,16-18H,5,15,19H2,1-4H3,(H,31,35)/b30-18-. The molecule has 0 aliphatic carbocycles. The molecule has 0 radical (unpaired) electrons. The fourth-order valence-electron chi connectivity index (χ4n) is 3.78. The minimum atomic E-state index is -0.277. The maximum atomic E-state index is 12.6. The largest absolute Gasteiger partial charge is 0.494 e. The molecule has 0 aliphatic heterocycles. The lowest BCUT2D eigenvalue weighted by molar-refractivity contribution is -0.118. The van der Waals surface area contributed by atoms with E-state index in [4.69, 9.17) is 18.9 Å². The summed E-state index contributed by atoms with van der Waals surface area (Å²) in [4.78, 5) is 12.6. The summed E-state index contributed by atoms with van der Waals surface area (Å²) in [6, 6.07) is 20.8. The summed E-state index contributed by atoms with van der Waals surface area (Å²) in [5, 5.41) is 13.4. The number of hydrogen-bond donors (Lipinski definition) is 1. The van der Waals surface area contributed by atoms with Crippen LogP contribution in [0.2, 0.25) is 0 Å². The van der Waals surface area contributed by atoms with Crippen molar-refractivity contribution in [3.05, 3.63) is 72.3 Å². The van der Waals surface area contributed by atoms with Crippen LogP contribution in [0.25, 0.3) is 17.1 Å². The van der Waals surface area contributed by atoms with E-state index in [0.717, 1.165) is 23.4 Å². The van der Waals surface area contributed by atoms with E-state index in [2.05, 4.69) is 27.6 Å². The number of para-hydroxylation sites is 1. The van der Waals surface area contributed by atoms with E-state index in [1.54, 1.807) is 27.5 Å². The summed E-state index contributed by atoms with van der Waals surface area (Å²) in [6.07, 6.45) is 2.53. The molecule has 0 saturated carbocycles. The first-order valence-corrected chi connectivity index (χ1v) is 13.5. The minimum Gasteiger partial charge on any atom is -0.494 e. The number of hydrogen-bond acceptors (Lipinski definition) is 9. The Bertz CT molecular complexity index is 1420. The molecule has 10 nitrogen and oxygen atoms in total. The molecule has 1 aromatic heterocycles. The first-order valence-electron chi connectivity index (χ1n) is 12.6. The number of thioether (sulfide) groups is 1. The van der Waals surface area contributed by atoms with Gasteiger partial charge >= 0.3 is 0 Å². The number of benzene rings is 3. The van der Waals surface area contributed by atoms with E-state index in [1.165, 1.54) is 11.8 Å². The smallest absolute Gasteiger partial charge is 0.250 e. The summed E-state index contributed by atoms with van der Waals surface area (Å²) >= 11 is 1.25. The molecule has 0 spiro atoms. The van der Waals surface area contributed by atoms with Crippen LogP contribution in [0, 0.1) is 0 Å². The molecular weight excluding hydrogens is 530 g/mol. The van der Waals surface area contributed by atoms with Crippen LogP contribution in [0.4, 0.5) is 0 Å². The van der Waals surface area contributed by atoms with Crippen molar-refractivity contribution < 1.29 is 23.7 Å². The number of hydrazone groups is 1. The second kappa shape index (κ2) is 14.0. The van der Waals surface area contributed by atoms with Crippen molar-refractivity contribution in [2.45, 2.75) is 18.5 Å². The van der Waals surface area contributed by atoms with Crippen LogP contribution >= 0.6 is 11.8 Å². The zero-order valence-electron chi connectivity index (χ0n) is 22.8. The molecule has 11 heteroatoms. The number of rotatable bonds is 13. The molecule has 3 aromatic carbocycles. The first-order chi connectivity index (χ1) is 19.6. The third-order valence-corrected chi connectivity index (χ3v) is 6.59. The average Bonchev–Trinajstić information content (AvgIpc) is 3.43. The number of ether oxygens (including phenoxy) is 4. The van der Waals surface area contributed by atoms with E-state index in [-0.39, 0.29) is 11.7 Å². The van der Waals surface area contributed by atoms with Gasteiger partial charge in [0.2, 0.25) is 5.75 Å². The van der Waals surface area contributed by atoms with Crippen molar-refractivity contribution in [2.75, 3.05) is 33.7 Å². The van der Waals surface area contributed by atoms with E-state index in [0.29, 0.717) is 40.4 Å². The van der Waals surface area contributed by atoms with Gasteiger partial charge in [-0.15, -0.1) is 10.2 Å². The summed E-state index contributed by atoms with van der Waals surface area (Å²) < 4.78 is 24.0. The Hall–Kier alpha value is -4.51. The van der Waals surface area contributed by atoms with E-state index in [1.807, 2.05) is 71.3 Å². The average molecular weight is 562 g/mol. The molecule has 0 fully saturated rings. The molecule has 4 aromatic rings. The molecule has 0 unspecified atom stereocenters. The van der Waals surface area contributed by atoms with Crippen molar-refractivity contribution in [3.8, 4) is 40.1 Å². The fourth-order valence-corrected chi connectivity index (χ4v) is 4.53. The topological polar surface area (TPSA) is 109 Å². The number of carbonyl (C=O) groups is 1. The van der Waals surface area contributed by atoms with E-state index in [9.17, 15) is 4.79 Å². The number of nitrogens with zero attached hydrogens (tertiary/aromatic N) is 4. The summed E-state index contributed by atoms with van der Waals surface area (Å²) in [6.45, 7) is 2.73. The number of amides is 1. The van der Waals surface area contributed by atoms with Crippen molar-refractivity contribution in [2.24, 2.45) is 5.10 Å². The minimum absolute atomic E-state index is 0.0847. The Morgan fingerprint density at radius 1 is 0.975 bits per heavy atom. The zero-order valence-corrected chi connectivity index (χ0v) is 23.6. The highest BCUT2D eigenvalue weighted by molar-refractivity contribution is 7.99. The second-order valence-electron chi connectivity index (χ2n) is 8.39. The predicted molar refractivity (Wildman–Crippen MR) is 155 cm³/mol. The van der Waals surface area contributed by atoms with E-state index < -0.39 is 0 Å². The van der Waals surface area contributed by atoms with Gasteiger partial charge < -0.3 is 18.9 Å². The highest BCUT2D eigenvalue weighted by Crippen LogP contribution is 2.41. The summed E-state index contributed by atoms with van der Waals surface area (Å²) in [7, 11) is 4.67. The van der Waals surface area contributed by atoms with Gasteiger partial charge in [-0.05, 0) is 60.5 Å². The Morgan fingerprint density at radius 2 is 1.68 bits per heavy atom. The first kappa shape index (κ1) is 28.5. The normalized spacial score (nSPS) is 10.9. The SMILES string of the molecule is CCCOc1ccc(/C=N\NC(=O)CSc2nnc(-c3cc(OC)c(OC)c(OC)c3)n2-c2ccccc2)cc1. The molecule has 0 atom stereocenters. The van der Waals surface area contributed by atoms with Gasteiger partial charge in [-0.2, -0.15) is 5.10 Å². The number of nitrogens with one attached hydrogen (secondary N) is 1. The number of methoxy groups -OCH3 is 3. The Morgan fingerprint density at radius 3 is 2.30 bits per heavy atom. The van der Waals surface area contributed by atoms with Gasteiger partial charge in [-0.25, -0.2) is 5.43 Å². The van der Waals surface area contributed by atoms with Gasteiger partial charge in [0, 0.05) is 11.3 Å². The van der Waals surface area contributed by atoms with Crippen LogP contribution < -0.4 is 24.4 Å². The summed E-state index contributed by atoms with van der Waals surface area (Å²) in [5.74, 6) is 2.63. The lowest BCUT2D eigenvalue weighted by Crippen LogP contribution is -2.20. The van der Waals surface area contributed by atoms with Gasteiger partial charge in [-0.1, -0.05) is 36.9 Å². The van der Waals surface area contributed by atoms with Crippen molar-refractivity contribution >= 4 is 23.9 Å². The second-order valence-corrected chi connectivity index (χ2v) is 9.33. The fraction of sp³-hybridized carbons (Fsp3) is 0.241. The van der Waals surface area contributed by atoms with Crippen LogP contribution in [0.5, 0.6) is 23.0 Å². The Balaban J connectivity index is 1.51. The van der Waals surface area contributed by atoms with Crippen LogP contribution in [0.1, 0.15) is 18.9 Å². The lowest BCUT2D eigenvalue weighted by Gasteiger charge is -2.15. The number of aromatic nitrogens is 3. The van der Waals surface area contributed by atoms with Gasteiger partial charge in [0.1, 0.15) is 5.75 Å². The molecule has 1 heterocycles. The summed E-state index contributed by atoms with van der Waals surface area (Å²) in [5.41, 5.74) is 4.95. The third-order valence-electron chi connectivity index (χ3n) is 5.66. The van der Waals surface area contributed by atoms with Crippen molar-refractivity contribution in [1.82, 2.24) is 20.2 Å². The predicted octanol–water partition coefficient (Wildman–Crippen LogP) is 4.99. The quantitative estimate of drug-likeness (QED) is 0.138. The number of carbonyl (C=O) groups excluding carboxylic acids is 1. The van der Waals surface area contributed by atoms with Gasteiger partial charge in [-0.3, -0.25) is 9.36 Å². The van der Waals surface area contributed by atoms with Gasteiger partial charge in [0.05, 0.1) is 39.9 Å². The molecule has 0 saturated heterocycles. The maximum Gasteiger partial charge on any atom is 0.250 e. The van der Waals surface area contributed by atoms with Crippen LogP contribution in [-0.2, 0) is 4.79 Å². The molecule has 208 valence electrons. The Labute approximate surface area is 237 Å².